The molecule has 0 aliphatic carbocycles. The molecule has 0 bridgehead atoms. The summed E-state index contributed by atoms with van der Waals surface area (Å²) in [5.41, 5.74) is 0. The van der Waals surface area contributed by atoms with Gasteiger partial charge in [-0.05, 0) is 30.7 Å². The molecule has 2 heterocycles. The van der Waals surface area contributed by atoms with E-state index in [0.29, 0.717) is 44.4 Å². The molecule has 0 N–H and O–H groups in total. The summed E-state index contributed by atoms with van der Waals surface area (Å²) >= 11 is 5.80. The molecule has 1 amide bonds. The first-order valence-electron chi connectivity index (χ1n) is 7.61. The van der Waals surface area contributed by atoms with Crippen LogP contribution in [0.5, 0.6) is 0 Å². The van der Waals surface area contributed by atoms with Crippen LogP contribution in [0.2, 0.25) is 5.02 Å². The first kappa shape index (κ1) is 16.7. The summed E-state index contributed by atoms with van der Waals surface area (Å²) in [7, 11) is -3.53. The maximum Gasteiger partial charge on any atom is 0.243 e. The second kappa shape index (κ2) is 6.76. The van der Waals surface area contributed by atoms with Crippen LogP contribution in [0.15, 0.2) is 29.2 Å². The maximum absolute atomic E-state index is 12.6. The number of carbonyl (C=O) groups excluding carboxylic acids is 1. The maximum atomic E-state index is 12.6. The first-order valence-corrected chi connectivity index (χ1v) is 9.42. The zero-order valence-corrected chi connectivity index (χ0v) is 14.2. The quantitative estimate of drug-likeness (QED) is 0.814. The number of hydrogen-bond donors (Lipinski definition) is 0. The molecule has 2 fully saturated rings. The van der Waals surface area contributed by atoms with Crippen molar-refractivity contribution in [3.05, 3.63) is 29.3 Å². The third-order valence-electron chi connectivity index (χ3n) is 4.28. The van der Waals surface area contributed by atoms with Crippen LogP contribution in [0.4, 0.5) is 0 Å². The summed E-state index contributed by atoms with van der Waals surface area (Å²) < 4.78 is 31.9. The van der Waals surface area contributed by atoms with Crippen molar-refractivity contribution in [2.45, 2.75) is 11.3 Å². The van der Waals surface area contributed by atoms with Gasteiger partial charge in [0.2, 0.25) is 15.9 Å². The second-order valence-electron chi connectivity index (χ2n) is 5.74. The Hall–Kier alpha value is -1.15. The van der Waals surface area contributed by atoms with Gasteiger partial charge in [0, 0.05) is 37.8 Å². The Morgan fingerprint density at radius 3 is 2.35 bits per heavy atom. The Kier molecular flexibility index (Phi) is 4.91. The highest BCUT2D eigenvalue weighted by Gasteiger charge is 2.33. The Labute approximate surface area is 141 Å². The molecule has 2 aliphatic rings. The van der Waals surface area contributed by atoms with E-state index in [1.807, 2.05) is 0 Å². The first-order chi connectivity index (χ1) is 11.0. The van der Waals surface area contributed by atoms with Crippen molar-refractivity contribution in [2.75, 3.05) is 39.4 Å². The highest BCUT2D eigenvalue weighted by Crippen LogP contribution is 2.21. The molecule has 1 unspecified atom stereocenters. The number of hydrogen-bond acceptors (Lipinski definition) is 4. The highest BCUT2D eigenvalue weighted by atomic mass is 35.5. The van der Waals surface area contributed by atoms with Crippen LogP contribution in [-0.2, 0) is 19.6 Å². The zero-order chi connectivity index (χ0) is 16.4. The summed E-state index contributed by atoms with van der Waals surface area (Å²) in [6.45, 7) is 2.56. The summed E-state index contributed by atoms with van der Waals surface area (Å²) in [5.74, 6) is 0.000429. The summed E-state index contributed by atoms with van der Waals surface area (Å²) in [4.78, 5) is 14.3. The molecule has 2 saturated heterocycles. The SMILES string of the molecule is O=C(C1CCOC1)N1CCN(S(=O)(=O)c2ccc(Cl)cc2)CC1. The molecule has 126 valence electrons. The van der Waals surface area contributed by atoms with E-state index in [1.165, 1.54) is 16.4 Å². The van der Waals surface area contributed by atoms with Crippen LogP contribution in [0.3, 0.4) is 0 Å². The van der Waals surface area contributed by atoms with E-state index in [-0.39, 0.29) is 16.7 Å². The molecular weight excluding hydrogens is 340 g/mol. The van der Waals surface area contributed by atoms with E-state index in [9.17, 15) is 13.2 Å². The number of amides is 1. The van der Waals surface area contributed by atoms with Crippen molar-refractivity contribution >= 4 is 27.5 Å². The molecule has 8 heteroatoms. The smallest absolute Gasteiger partial charge is 0.243 e. The van der Waals surface area contributed by atoms with Crippen LogP contribution in [0.25, 0.3) is 0 Å². The molecule has 1 atom stereocenters. The van der Waals surface area contributed by atoms with Gasteiger partial charge in [0.1, 0.15) is 0 Å². The van der Waals surface area contributed by atoms with Gasteiger partial charge in [0.15, 0.2) is 0 Å². The Morgan fingerprint density at radius 2 is 1.78 bits per heavy atom. The van der Waals surface area contributed by atoms with E-state index in [2.05, 4.69) is 0 Å². The summed E-state index contributed by atoms with van der Waals surface area (Å²) in [6.07, 6.45) is 0.752. The molecule has 0 saturated carbocycles. The molecule has 0 radical (unpaired) electrons. The van der Waals surface area contributed by atoms with Crippen LogP contribution < -0.4 is 0 Å². The summed E-state index contributed by atoms with van der Waals surface area (Å²) in [5, 5.41) is 0.498. The second-order valence-corrected chi connectivity index (χ2v) is 8.12. The van der Waals surface area contributed by atoms with Gasteiger partial charge in [-0.25, -0.2) is 8.42 Å². The standard InChI is InChI=1S/C15H19ClN2O4S/c16-13-1-3-14(4-2-13)23(20,21)18-8-6-17(7-9-18)15(19)12-5-10-22-11-12/h1-4,12H,5-11H2. The lowest BCUT2D eigenvalue weighted by atomic mass is 10.1. The van der Waals surface area contributed by atoms with Crippen LogP contribution in [0.1, 0.15) is 6.42 Å². The molecule has 2 aliphatic heterocycles. The van der Waals surface area contributed by atoms with Crippen molar-refractivity contribution in [1.29, 1.82) is 0 Å². The topological polar surface area (TPSA) is 66.9 Å². The number of sulfonamides is 1. The van der Waals surface area contributed by atoms with Gasteiger partial charge in [-0.3, -0.25) is 4.79 Å². The normalized spacial score (nSPS) is 23.2. The van der Waals surface area contributed by atoms with E-state index >= 15 is 0 Å². The number of benzene rings is 1. The van der Waals surface area contributed by atoms with Crippen LogP contribution >= 0.6 is 11.6 Å². The molecule has 1 aromatic carbocycles. The Morgan fingerprint density at radius 1 is 1.13 bits per heavy atom. The zero-order valence-electron chi connectivity index (χ0n) is 12.7. The van der Waals surface area contributed by atoms with Crippen molar-refractivity contribution in [3.63, 3.8) is 0 Å². The minimum Gasteiger partial charge on any atom is -0.381 e. The molecule has 0 aromatic heterocycles. The summed E-state index contributed by atoms with van der Waals surface area (Å²) in [6, 6.07) is 6.14. The van der Waals surface area contributed by atoms with Gasteiger partial charge in [0.05, 0.1) is 17.4 Å². The fraction of sp³-hybridized carbons (Fsp3) is 0.533. The lowest BCUT2D eigenvalue weighted by Crippen LogP contribution is -2.51. The lowest BCUT2D eigenvalue weighted by molar-refractivity contribution is -0.136. The predicted molar refractivity (Wildman–Crippen MR) is 85.7 cm³/mol. The largest absolute Gasteiger partial charge is 0.381 e. The van der Waals surface area contributed by atoms with Gasteiger partial charge in [-0.15, -0.1) is 0 Å². The molecule has 6 nitrogen and oxygen atoms in total. The van der Waals surface area contributed by atoms with Crippen molar-refractivity contribution in [1.82, 2.24) is 9.21 Å². The third-order valence-corrected chi connectivity index (χ3v) is 6.45. The Bertz CT molecular complexity index is 663. The molecule has 23 heavy (non-hydrogen) atoms. The van der Waals surface area contributed by atoms with Crippen molar-refractivity contribution in [2.24, 2.45) is 5.92 Å². The monoisotopic (exact) mass is 358 g/mol. The highest BCUT2D eigenvalue weighted by molar-refractivity contribution is 7.89. The number of halogens is 1. The average molecular weight is 359 g/mol. The van der Waals surface area contributed by atoms with E-state index in [0.717, 1.165) is 6.42 Å². The number of ether oxygens (including phenoxy) is 1. The molecule has 0 spiro atoms. The average Bonchev–Trinajstić information content (AvgIpc) is 3.09. The Balaban J connectivity index is 1.64. The van der Waals surface area contributed by atoms with Gasteiger partial charge in [-0.2, -0.15) is 4.31 Å². The lowest BCUT2D eigenvalue weighted by Gasteiger charge is -2.35. The fourth-order valence-electron chi connectivity index (χ4n) is 2.89. The van der Waals surface area contributed by atoms with Crippen molar-refractivity contribution in [3.8, 4) is 0 Å². The number of nitrogens with zero attached hydrogens (tertiary/aromatic N) is 2. The van der Waals surface area contributed by atoms with Crippen molar-refractivity contribution < 1.29 is 17.9 Å². The van der Waals surface area contributed by atoms with Crippen LogP contribution in [-0.4, -0.2) is 62.9 Å². The number of piperazine rings is 1. The predicted octanol–water partition coefficient (Wildman–Crippen LogP) is 1.21. The minimum atomic E-state index is -3.53. The van der Waals surface area contributed by atoms with Gasteiger partial charge in [-0.1, -0.05) is 11.6 Å². The minimum absolute atomic E-state index is 0.0746. The number of carbonyl (C=O) groups is 1. The van der Waals surface area contributed by atoms with Gasteiger partial charge < -0.3 is 9.64 Å². The third kappa shape index (κ3) is 3.52. The van der Waals surface area contributed by atoms with E-state index in [1.54, 1.807) is 17.0 Å². The van der Waals surface area contributed by atoms with E-state index in [4.69, 9.17) is 16.3 Å². The van der Waals surface area contributed by atoms with Gasteiger partial charge >= 0.3 is 0 Å². The molecular formula is C15H19ClN2O4S. The molecule has 1 aromatic rings. The van der Waals surface area contributed by atoms with Crippen LogP contribution in [0, 0.1) is 5.92 Å². The molecule has 3 rings (SSSR count). The van der Waals surface area contributed by atoms with E-state index < -0.39 is 10.0 Å². The van der Waals surface area contributed by atoms with Gasteiger partial charge in [0.25, 0.3) is 0 Å². The fourth-order valence-corrected chi connectivity index (χ4v) is 4.44. The number of rotatable bonds is 3.